The lowest BCUT2D eigenvalue weighted by Crippen LogP contribution is -2.27. The van der Waals surface area contributed by atoms with E-state index in [1.165, 1.54) is 0 Å². The summed E-state index contributed by atoms with van der Waals surface area (Å²) >= 11 is 0. The molecule has 1 atom stereocenters. The highest BCUT2D eigenvalue weighted by Gasteiger charge is 2.27. The van der Waals surface area contributed by atoms with Crippen LogP contribution in [0.1, 0.15) is 18.6 Å². The minimum atomic E-state index is 0.245. The molecule has 1 aliphatic rings. The van der Waals surface area contributed by atoms with Gasteiger partial charge in [0.15, 0.2) is 0 Å². The van der Waals surface area contributed by atoms with Crippen molar-refractivity contribution in [3.05, 3.63) is 24.2 Å². The van der Waals surface area contributed by atoms with Crippen LogP contribution in [0.2, 0.25) is 0 Å². The normalized spacial score (nSPS) is 20.7. The molecule has 0 bridgehead atoms. The smallest absolute Gasteiger partial charge is 0.222 e. The number of rotatable bonds is 5. The van der Waals surface area contributed by atoms with E-state index in [4.69, 9.17) is 10.2 Å². The van der Waals surface area contributed by atoms with Crippen LogP contribution in [0.25, 0.3) is 0 Å². The first-order valence-electron chi connectivity index (χ1n) is 5.80. The number of nitrogens with zero attached hydrogens (tertiary/aromatic N) is 1. The van der Waals surface area contributed by atoms with E-state index in [0.717, 1.165) is 31.7 Å². The van der Waals surface area contributed by atoms with E-state index in [1.807, 2.05) is 17.0 Å². The van der Waals surface area contributed by atoms with Crippen molar-refractivity contribution in [1.29, 1.82) is 0 Å². The Hall–Kier alpha value is -1.29. The third-order valence-electron chi connectivity index (χ3n) is 3.06. The molecule has 0 aromatic carbocycles. The maximum atomic E-state index is 11.6. The molecule has 2 heterocycles. The zero-order chi connectivity index (χ0) is 11.4. The molecule has 0 spiro atoms. The zero-order valence-corrected chi connectivity index (χ0v) is 9.39. The topological polar surface area (TPSA) is 59.5 Å². The Morgan fingerprint density at radius 1 is 1.56 bits per heavy atom. The molecule has 1 amide bonds. The van der Waals surface area contributed by atoms with Gasteiger partial charge in [-0.15, -0.1) is 0 Å². The van der Waals surface area contributed by atoms with E-state index in [-0.39, 0.29) is 5.91 Å². The Morgan fingerprint density at radius 2 is 2.44 bits per heavy atom. The number of furan rings is 1. The molecule has 1 unspecified atom stereocenters. The largest absolute Gasteiger partial charge is 0.469 e. The van der Waals surface area contributed by atoms with Crippen LogP contribution < -0.4 is 5.73 Å². The third kappa shape index (κ3) is 2.64. The van der Waals surface area contributed by atoms with Crippen LogP contribution in [0.3, 0.4) is 0 Å². The lowest BCUT2D eigenvalue weighted by Gasteiger charge is -2.15. The van der Waals surface area contributed by atoms with Crippen LogP contribution in [0.5, 0.6) is 0 Å². The van der Waals surface area contributed by atoms with Crippen LogP contribution in [-0.2, 0) is 11.2 Å². The average Bonchev–Trinajstić information content (AvgIpc) is 2.89. The molecular weight excluding hydrogens is 204 g/mol. The second-order valence-electron chi connectivity index (χ2n) is 4.33. The fourth-order valence-corrected chi connectivity index (χ4v) is 2.13. The molecule has 4 heteroatoms. The predicted octanol–water partition coefficient (Wildman–Crippen LogP) is 1.02. The van der Waals surface area contributed by atoms with Gasteiger partial charge in [0.05, 0.1) is 6.26 Å². The highest BCUT2D eigenvalue weighted by molar-refractivity contribution is 5.78. The number of carbonyl (C=O) groups is 1. The standard InChI is InChI=1S/C12H18N2O2/c13-8-10-7-12(15)14(9-10)5-1-3-11-4-2-6-16-11/h2,4,6,10H,1,3,5,7-9,13H2. The molecule has 16 heavy (non-hydrogen) atoms. The van der Waals surface area contributed by atoms with Crippen LogP contribution in [0, 0.1) is 5.92 Å². The Morgan fingerprint density at radius 3 is 3.06 bits per heavy atom. The van der Waals surface area contributed by atoms with E-state index >= 15 is 0 Å². The van der Waals surface area contributed by atoms with Crippen LogP contribution in [0.4, 0.5) is 0 Å². The average molecular weight is 222 g/mol. The van der Waals surface area contributed by atoms with Crippen molar-refractivity contribution in [2.75, 3.05) is 19.6 Å². The monoisotopic (exact) mass is 222 g/mol. The van der Waals surface area contributed by atoms with Gasteiger partial charge in [0.1, 0.15) is 5.76 Å². The number of aryl methyl sites for hydroxylation is 1. The summed E-state index contributed by atoms with van der Waals surface area (Å²) in [6.45, 7) is 2.25. The molecule has 0 aliphatic carbocycles. The molecule has 1 fully saturated rings. The molecule has 1 aliphatic heterocycles. The summed E-state index contributed by atoms with van der Waals surface area (Å²) in [5.74, 6) is 1.59. The van der Waals surface area contributed by atoms with Crippen LogP contribution in [0.15, 0.2) is 22.8 Å². The number of hydrogen-bond donors (Lipinski definition) is 1. The second kappa shape index (κ2) is 5.16. The van der Waals surface area contributed by atoms with E-state index in [2.05, 4.69) is 0 Å². The molecule has 1 aromatic heterocycles. The highest BCUT2D eigenvalue weighted by atomic mass is 16.3. The second-order valence-corrected chi connectivity index (χ2v) is 4.33. The van der Waals surface area contributed by atoms with Crippen molar-refractivity contribution in [3.8, 4) is 0 Å². The highest BCUT2D eigenvalue weighted by Crippen LogP contribution is 2.17. The van der Waals surface area contributed by atoms with Gasteiger partial charge in [-0.05, 0) is 31.0 Å². The third-order valence-corrected chi connectivity index (χ3v) is 3.06. The molecule has 2 rings (SSSR count). The zero-order valence-electron chi connectivity index (χ0n) is 9.39. The number of amides is 1. The summed E-state index contributed by atoms with van der Waals surface area (Å²) in [6.07, 6.45) is 4.15. The lowest BCUT2D eigenvalue weighted by atomic mass is 10.1. The fourth-order valence-electron chi connectivity index (χ4n) is 2.13. The van der Waals surface area contributed by atoms with Gasteiger partial charge in [0.25, 0.3) is 0 Å². The van der Waals surface area contributed by atoms with Crippen molar-refractivity contribution in [3.63, 3.8) is 0 Å². The van der Waals surface area contributed by atoms with Crippen molar-refractivity contribution in [2.24, 2.45) is 11.7 Å². The molecule has 0 radical (unpaired) electrons. The number of hydrogen-bond acceptors (Lipinski definition) is 3. The molecule has 2 N–H and O–H groups in total. The molecule has 0 saturated carbocycles. The number of likely N-dealkylation sites (tertiary alicyclic amines) is 1. The van der Waals surface area contributed by atoms with Crippen molar-refractivity contribution >= 4 is 5.91 Å². The van der Waals surface area contributed by atoms with Crippen molar-refractivity contribution in [2.45, 2.75) is 19.3 Å². The van der Waals surface area contributed by atoms with E-state index in [9.17, 15) is 4.79 Å². The summed E-state index contributed by atoms with van der Waals surface area (Å²) in [6, 6.07) is 3.86. The van der Waals surface area contributed by atoms with Crippen molar-refractivity contribution in [1.82, 2.24) is 4.90 Å². The minimum Gasteiger partial charge on any atom is -0.469 e. The predicted molar refractivity (Wildman–Crippen MR) is 60.8 cm³/mol. The fraction of sp³-hybridized carbons (Fsp3) is 0.583. The van der Waals surface area contributed by atoms with Gasteiger partial charge in [-0.25, -0.2) is 0 Å². The Bertz CT molecular complexity index is 335. The van der Waals surface area contributed by atoms with Gasteiger partial charge in [-0.1, -0.05) is 0 Å². The van der Waals surface area contributed by atoms with Crippen LogP contribution >= 0.6 is 0 Å². The first-order chi connectivity index (χ1) is 7.79. The number of carbonyl (C=O) groups excluding carboxylic acids is 1. The Balaban J connectivity index is 1.72. The van der Waals surface area contributed by atoms with Gasteiger partial charge in [0.2, 0.25) is 5.91 Å². The summed E-state index contributed by atoms with van der Waals surface area (Å²) in [5, 5.41) is 0. The minimum absolute atomic E-state index is 0.245. The quantitative estimate of drug-likeness (QED) is 0.809. The first-order valence-corrected chi connectivity index (χ1v) is 5.80. The summed E-state index contributed by atoms with van der Waals surface area (Å²) < 4.78 is 5.24. The molecule has 88 valence electrons. The Labute approximate surface area is 95.4 Å². The van der Waals surface area contributed by atoms with Gasteiger partial charge >= 0.3 is 0 Å². The lowest BCUT2D eigenvalue weighted by molar-refractivity contribution is -0.127. The molecule has 1 saturated heterocycles. The van der Waals surface area contributed by atoms with Gasteiger partial charge in [-0.3, -0.25) is 4.79 Å². The molecule has 1 aromatic rings. The Kier molecular flexibility index (Phi) is 3.62. The van der Waals surface area contributed by atoms with E-state index in [0.29, 0.717) is 18.9 Å². The maximum Gasteiger partial charge on any atom is 0.222 e. The molecule has 4 nitrogen and oxygen atoms in total. The summed E-state index contributed by atoms with van der Waals surface area (Å²) in [7, 11) is 0. The first kappa shape index (κ1) is 11.2. The van der Waals surface area contributed by atoms with Crippen molar-refractivity contribution < 1.29 is 9.21 Å². The van der Waals surface area contributed by atoms with E-state index < -0.39 is 0 Å². The summed E-state index contributed by atoms with van der Waals surface area (Å²) in [4.78, 5) is 13.5. The molecular formula is C12H18N2O2. The maximum absolute atomic E-state index is 11.6. The van der Waals surface area contributed by atoms with Gasteiger partial charge in [-0.2, -0.15) is 0 Å². The van der Waals surface area contributed by atoms with Gasteiger partial charge in [0, 0.05) is 25.9 Å². The SMILES string of the molecule is NCC1CC(=O)N(CCCc2ccco2)C1. The number of nitrogens with two attached hydrogens (primary N) is 1. The van der Waals surface area contributed by atoms with Crippen LogP contribution in [-0.4, -0.2) is 30.4 Å². The van der Waals surface area contributed by atoms with Gasteiger partial charge < -0.3 is 15.1 Å². The van der Waals surface area contributed by atoms with E-state index in [1.54, 1.807) is 6.26 Å². The summed E-state index contributed by atoms with van der Waals surface area (Å²) in [5.41, 5.74) is 5.57.